The lowest BCUT2D eigenvalue weighted by atomic mass is 10.1. The number of rotatable bonds is 7. The number of piperidine rings is 1. The van der Waals surface area contributed by atoms with Gasteiger partial charge in [-0.25, -0.2) is 4.79 Å². The van der Waals surface area contributed by atoms with Crippen molar-refractivity contribution in [3.63, 3.8) is 0 Å². The van der Waals surface area contributed by atoms with Crippen molar-refractivity contribution in [2.24, 2.45) is 0 Å². The predicted molar refractivity (Wildman–Crippen MR) is 70.7 cm³/mol. The number of hydrogen-bond acceptors (Lipinski definition) is 5. The quantitative estimate of drug-likeness (QED) is 0.648. The Bertz CT molecular complexity index is 290. The van der Waals surface area contributed by atoms with Gasteiger partial charge in [-0.1, -0.05) is 0 Å². The third-order valence-corrected chi connectivity index (χ3v) is 2.99. The first kappa shape index (κ1) is 15.9. The van der Waals surface area contributed by atoms with Gasteiger partial charge in [-0.3, -0.25) is 4.79 Å². The topological polar surface area (TPSA) is 76.7 Å². The molecule has 1 saturated heterocycles. The van der Waals surface area contributed by atoms with Crippen molar-refractivity contribution < 1.29 is 19.1 Å². The van der Waals surface area contributed by atoms with Crippen LogP contribution in [0, 0.1) is 0 Å². The second-order valence-corrected chi connectivity index (χ2v) is 4.61. The summed E-state index contributed by atoms with van der Waals surface area (Å²) in [6.07, 6.45) is 2.49. The zero-order valence-electron chi connectivity index (χ0n) is 11.7. The molecular weight excluding hydrogens is 248 g/mol. The Kier molecular flexibility index (Phi) is 7.43. The van der Waals surface area contributed by atoms with E-state index in [1.54, 1.807) is 13.8 Å². The van der Waals surface area contributed by atoms with Crippen molar-refractivity contribution in [2.45, 2.75) is 45.3 Å². The van der Waals surface area contributed by atoms with Crippen molar-refractivity contribution in [3.05, 3.63) is 0 Å². The van der Waals surface area contributed by atoms with Gasteiger partial charge in [-0.15, -0.1) is 0 Å². The van der Waals surface area contributed by atoms with Gasteiger partial charge in [0.05, 0.1) is 19.3 Å². The van der Waals surface area contributed by atoms with Crippen LogP contribution in [0.25, 0.3) is 0 Å². The molecule has 1 aliphatic rings. The summed E-state index contributed by atoms with van der Waals surface area (Å²) in [7, 11) is 0. The maximum absolute atomic E-state index is 11.6. The number of carbonyl (C=O) groups is 2. The summed E-state index contributed by atoms with van der Waals surface area (Å²) in [5, 5.41) is 5.85. The summed E-state index contributed by atoms with van der Waals surface area (Å²) in [4.78, 5) is 22.9. The Hall–Kier alpha value is -1.14. The fraction of sp³-hybridized carbons (Fsp3) is 0.846. The molecule has 1 aliphatic heterocycles. The fourth-order valence-corrected chi connectivity index (χ4v) is 1.92. The summed E-state index contributed by atoms with van der Waals surface area (Å²) >= 11 is 0. The van der Waals surface area contributed by atoms with E-state index >= 15 is 0 Å². The Morgan fingerprint density at radius 1 is 1.37 bits per heavy atom. The maximum atomic E-state index is 11.6. The highest BCUT2D eigenvalue weighted by molar-refractivity contribution is 5.84. The van der Waals surface area contributed by atoms with Gasteiger partial charge in [0, 0.05) is 6.42 Å². The highest BCUT2D eigenvalue weighted by Crippen LogP contribution is 2.07. The van der Waals surface area contributed by atoms with E-state index in [2.05, 4.69) is 10.6 Å². The molecule has 0 radical (unpaired) electrons. The van der Waals surface area contributed by atoms with E-state index in [4.69, 9.17) is 9.47 Å². The number of hydrogen-bond donors (Lipinski definition) is 2. The molecule has 0 bridgehead atoms. The highest BCUT2D eigenvalue weighted by Gasteiger charge is 2.17. The van der Waals surface area contributed by atoms with E-state index < -0.39 is 12.0 Å². The minimum Gasteiger partial charge on any atom is -0.464 e. The van der Waals surface area contributed by atoms with E-state index in [1.165, 1.54) is 0 Å². The second-order valence-electron chi connectivity index (χ2n) is 4.61. The van der Waals surface area contributed by atoms with Crippen LogP contribution >= 0.6 is 0 Å². The van der Waals surface area contributed by atoms with Gasteiger partial charge in [0.25, 0.3) is 0 Å². The lowest BCUT2D eigenvalue weighted by molar-refractivity contribution is -0.147. The molecule has 1 heterocycles. The van der Waals surface area contributed by atoms with Gasteiger partial charge >= 0.3 is 5.97 Å². The Labute approximate surface area is 114 Å². The lowest BCUT2D eigenvalue weighted by Crippen LogP contribution is -2.40. The molecule has 1 fully saturated rings. The highest BCUT2D eigenvalue weighted by atomic mass is 16.5. The Balaban J connectivity index is 2.11. The van der Waals surface area contributed by atoms with E-state index in [1.807, 2.05) is 0 Å². The first-order valence-corrected chi connectivity index (χ1v) is 6.91. The molecule has 0 aliphatic carbocycles. The van der Waals surface area contributed by atoms with Gasteiger partial charge in [0.1, 0.15) is 6.04 Å². The molecule has 6 heteroatoms. The van der Waals surface area contributed by atoms with Crippen LogP contribution in [0.3, 0.4) is 0 Å². The van der Waals surface area contributed by atoms with Gasteiger partial charge < -0.3 is 20.1 Å². The van der Waals surface area contributed by atoms with Crippen molar-refractivity contribution in [3.8, 4) is 0 Å². The molecule has 2 N–H and O–H groups in total. The van der Waals surface area contributed by atoms with Gasteiger partial charge in [-0.2, -0.15) is 0 Å². The van der Waals surface area contributed by atoms with Crippen LogP contribution in [-0.2, 0) is 19.1 Å². The van der Waals surface area contributed by atoms with E-state index in [0.29, 0.717) is 13.2 Å². The Morgan fingerprint density at radius 2 is 2.05 bits per heavy atom. The van der Waals surface area contributed by atoms with Crippen LogP contribution in [0.1, 0.15) is 33.1 Å². The summed E-state index contributed by atoms with van der Waals surface area (Å²) < 4.78 is 10.4. The fourth-order valence-electron chi connectivity index (χ4n) is 1.92. The maximum Gasteiger partial charge on any atom is 0.328 e. The summed E-state index contributed by atoms with van der Waals surface area (Å²) in [5.41, 5.74) is 0. The monoisotopic (exact) mass is 272 g/mol. The van der Waals surface area contributed by atoms with Crippen molar-refractivity contribution in [1.82, 2.24) is 10.6 Å². The Morgan fingerprint density at radius 3 is 2.68 bits per heavy atom. The first-order valence-electron chi connectivity index (χ1n) is 6.91. The lowest BCUT2D eigenvalue weighted by Gasteiger charge is -2.22. The third kappa shape index (κ3) is 6.54. The van der Waals surface area contributed by atoms with Crippen molar-refractivity contribution >= 4 is 11.9 Å². The number of nitrogens with one attached hydrogen (secondary N) is 2. The van der Waals surface area contributed by atoms with E-state index in [9.17, 15) is 9.59 Å². The summed E-state index contributed by atoms with van der Waals surface area (Å²) in [6, 6.07) is -0.605. The minimum atomic E-state index is -0.605. The number of esters is 1. The van der Waals surface area contributed by atoms with Crippen LogP contribution in [0.2, 0.25) is 0 Å². The molecule has 1 rings (SSSR count). The van der Waals surface area contributed by atoms with Crippen LogP contribution < -0.4 is 10.6 Å². The van der Waals surface area contributed by atoms with Crippen molar-refractivity contribution in [1.29, 1.82) is 0 Å². The van der Waals surface area contributed by atoms with Crippen LogP contribution in [0.15, 0.2) is 0 Å². The van der Waals surface area contributed by atoms with Crippen LogP contribution in [-0.4, -0.2) is 50.3 Å². The number of carbonyl (C=O) groups excluding carboxylic acids is 2. The molecule has 6 nitrogen and oxygen atoms in total. The van der Waals surface area contributed by atoms with Gasteiger partial charge in [-0.05, 0) is 39.8 Å². The van der Waals surface area contributed by atoms with E-state index in [-0.39, 0.29) is 18.4 Å². The van der Waals surface area contributed by atoms with Gasteiger partial charge in [0.2, 0.25) is 5.91 Å². The summed E-state index contributed by atoms with van der Waals surface area (Å²) in [6.45, 7) is 6.00. The average molecular weight is 272 g/mol. The predicted octanol–water partition coefficient (Wildman–Crippen LogP) is 0.213. The molecule has 110 valence electrons. The van der Waals surface area contributed by atoms with E-state index in [0.717, 1.165) is 25.9 Å². The second kappa shape index (κ2) is 8.87. The molecule has 0 aromatic rings. The molecule has 0 aromatic heterocycles. The standard InChI is InChI=1S/C13H24N2O4/c1-3-18-13(17)10(2)15-12(16)6-9-19-11-4-7-14-8-5-11/h10-11,14H,3-9H2,1-2H3,(H,15,16). The van der Waals surface area contributed by atoms with Crippen molar-refractivity contribution in [2.75, 3.05) is 26.3 Å². The molecule has 19 heavy (non-hydrogen) atoms. The largest absolute Gasteiger partial charge is 0.464 e. The zero-order valence-corrected chi connectivity index (χ0v) is 11.7. The smallest absolute Gasteiger partial charge is 0.328 e. The zero-order chi connectivity index (χ0) is 14.1. The molecule has 1 atom stereocenters. The third-order valence-electron chi connectivity index (χ3n) is 2.99. The van der Waals surface area contributed by atoms with Crippen LogP contribution in [0.4, 0.5) is 0 Å². The molecule has 1 unspecified atom stereocenters. The number of ether oxygens (including phenoxy) is 2. The minimum absolute atomic E-state index is 0.186. The van der Waals surface area contributed by atoms with Crippen LogP contribution in [0.5, 0.6) is 0 Å². The first-order chi connectivity index (χ1) is 9.13. The normalized spacial score (nSPS) is 17.8. The number of amides is 1. The average Bonchev–Trinajstić information content (AvgIpc) is 2.40. The molecule has 1 amide bonds. The SMILES string of the molecule is CCOC(=O)C(C)NC(=O)CCOC1CCNCC1. The molecule has 0 spiro atoms. The molecule has 0 aromatic carbocycles. The molecular formula is C13H24N2O4. The van der Waals surface area contributed by atoms with Gasteiger partial charge in [0.15, 0.2) is 0 Å². The summed E-state index contributed by atoms with van der Waals surface area (Å²) in [5.74, 6) is -0.593. The molecule has 0 saturated carbocycles.